The van der Waals surface area contributed by atoms with Crippen LogP contribution < -0.4 is 14.4 Å². The van der Waals surface area contributed by atoms with Gasteiger partial charge in [0.05, 0.1) is 17.9 Å². The highest BCUT2D eigenvalue weighted by Gasteiger charge is 2.66. The Labute approximate surface area is 196 Å². The highest BCUT2D eigenvalue weighted by atomic mass is 16.6. The van der Waals surface area contributed by atoms with Crippen LogP contribution in [0.5, 0.6) is 11.5 Å². The molecule has 2 aromatic carbocycles. The Hall–Kier alpha value is -3.85. The number of nitrogens with zero attached hydrogens (tertiary/aromatic N) is 2. The molecule has 3 heterocycles. The Kier molecular flexibility index (Phi) is 5.28. The van der Waals surface area contributed by atoms with Gasteiger partial charge in [-0.3, -0.25) is 14.4 Å². The van der Waals surface area contributed by atoms with E-state index in [0.29, 0.717) is 42.5 Å². The molecule has 1 atom stereocenters. The number of rotatable bonds is 5. The summed E-state index contributed by atoms with van der Waals surface area (Å²) < 4.78 is 16.3. The first-order chi connectivity index (χ1) is 16.5. The summed E-state index contributed by atoms with van der Waals surface area (Å²) in [5.74, 6) is -1.78. The van der Waals surface area contributed by atoms with Crippen molar-refractivity contribution in [2.45, 2.75) is 12.5 Å². The zero-order valence-electron chi connectivity index (χ0n) is 18.9. The predicted octanol–water partition coefficient (Wildman–Crippen LogP) is 2.05. The molecule has 1 saturated heterocycles. The van der Waals surface area contributed by atoms with Gasteiger partial charge >= 0.3 is 0 Å². The monoisotopic (exact) mass is 464 g/mol. The maximum Gasteiger partial charge on any atom is 0.296 e. The number of likely N-dealkylation sites (N-methyl/N-ethyl adjacent to an activating group) is 1. The van der Waals surface area contributed by atoms with E-state index in [1.165, 1.54) is 16.9 Å². The van der Waals surface area contributed by atoms with Crippen LogP contribution in [0.4, 0.5) is 5.69 Å². The van der Waals surface area contributed by atoms with Crippen LogP contribution in [0.3, 0.4) is 0 Å². The molecule has 1 fully saturated rings. The largest absolute Gasteiger partial charge is 0.507 e. The molecule has 0 radical (unpaired) electrons. The van der Waals surface area contributed by atoms with Crippen LogP contribution >= 0.6 is 0 Å². The second kappa shape index (κ2) is 8.18. The molecular weight excluding hydrogens is 440 g/mol. The zero-order chi connectivity index (χ0) is 24.0. The number of anilines is 1. The summed E-state index contributed by atoms with van der Waals surface area (Å²) in [7, 11) is 1.47. The first-order valence-corrected chi connectivity index (χ1v) is 11.1. The molecule has 2 aromatic rings. The van der Waals surface area contributed by atoms with Crippen molar-refractivity contribution in [1.82, 2.24) is 4.90 Å². The van der Waals surface area contributed by atoms with E-state index >= 15 is 0 Å². The molecule has 1 unspecified atom stereocenters. The van der Waals surface area contributed by atoms with Gasteiger partial charge in [0.25, 0.3) is 17.6 Å². The average molecular weight is 464 g/mol. The number of Topliss-reactive ketones (excluding diaryl/α,β-unsaturated/α-hetero) is 1. The number of carbonyl (C=O) groups excluding carboxylic acids is 3. The SMILES string of the molecule is CCN1C(=O)C2(/C(=C(\O)c3ccc4c(c3)OCCO4)C(=O)C(=O)N2CCOC)c2ccccc21. The van der Waals surface area contributed by atoms with E-state index < -0.39 is 28.9 Å². The molecule has 0 bridgehead atoms. The number of methoxy groups -OCH3 is 1. The number of benzene rings is 2. The lowest BCUT2D eigenvalue weighted by atomic mass is 9.82. The van der Waals surface area contributed by atoms with Crippen molar-refractivity contribution in [3.63, 3.8) is 0 Å². The lowest BCUT2D eigenvalue weighted by Gasteiger charge is -2.34. The van der Waals surface area contributed by atoms with Crippen LogP contribution in [0.2, 0.25) is 0 Å². The Morgan fingerprint density at radius 3 is 2.56 bits per heavy atom. The number of ether oxygens (including phenoxy) is 3. The molecule has 9 nitrogen and oxygen atoms in total. The molecule has 34 heavy (non-hydrogen) atoms. The van der Waals surface area contributed by atoms with Crippen molar-refractivity contribution in [2.75, 3.05) is 44.9 Å². The molecule has 1 spiro atoms. The number of para-hydroxylation sites is 1. The Morgan fingerprint density at radius 1 is 1.09 bits per heavy atom. The number of aliphatic hydroxyl groups excluding tert-OH is 1. The van der Waals surface area contributed by atoms with Gasteiger partial charge in [-0.25, -0.2) is 0 Å². The fourth-order valence-electron chi connectivity index (χ4n) is 5.00. The second-order valence-corrected chi connectivity index (χ2v) is 8.14. The van der Waals surface area contributed by atoms with Crippen molar-refractivity contribution in [1.29, 1.82) is 0 Å². The summed E-state index contributed by atoms with van der Waals surface area (Å²) in [5, 5.41) is 11.5. The van der Waals surface area contributed by atoms with Gasteiger partial charge in [0.1, 0.15) is 19.0 Å². The van der Waals surface area contributed by atoms with Crippen LogP contribution in [0, 0.1) is 0 Å². The van der Waals surface area contributed by atoms with Crippen molar-refractivity contribution in [2.24, 2.45) is 0 Å². The van der Waals surface area contributed by atoms with E-state index in [1.54, 1.807) is 42.5 Å². The third-order valence-corrected chi connectivity index (χ3v) is 6.46. The molecule has 0 aromatic heterocycles. The fourth-order valence-corrected chi connectivity index (χ4v) is 5.00. The molecular formula is C25H24N2O7. The van der Waals surface area contributed by atoms with Crippen molar-refractivity contribution in [3.05, 3.63) is 59.2 Å². The summed E-state index contributed by atoms with van der Waals surface area (Å²) in [6, 6.07) is 11.8. The van der Waals surface area contributed by atoms with E-state index in [-0.39, 0.29) is 24.3 Å². The van der Waals surface area contributed by atoms with Crippen LogP contribution in [0.15, 0.2) is 48.0 Å². The van der Waals surface area contributed by atoms with E-state index in [4.69, 9.17) is 14.2 Å². The topological polar surface area (TPSA) is 106 Å². The molecule has 9 heteroatoms. The smallest absolute Gasteiger partial charge is 0.296 e. The summed E-state index contributed by atoms with van der Waals surface area (Å²) in [6.45, 7) is 3.00. The van der Waals surface area contributed by atoms with Gasteiger partial charge < -0.3 is 29.1 Å². The summed E-state index contributed by atoms with van der Waals surface area (Å²) >= 11 is 0. The molecule has 3 aliphatic rings. The lowest BCUT2D eigenvalue weighted by molar-refractivity contribution is -0.144. The first kappa shape index (κ1) is 22.0. The van der Waals surface area contributed by atoms with E-state index in [9.17, 15) is 19.5 Å². The van der Waals surface area contributed by atoms with E-state index in [1.807, 2.05) is 6.92 Å². The van der Waals surface area contributed by atoms with Gasteiger partial charge in [0, 0.05) is 31.3 Å². The molecule has 176 valence electrons. The van der Waals surface area contributed by atoms with Crippen molar-refractivity contribution in [3.8, 4) is 11.5 Å². The number of carbonyl (C=O) groups is 3. The van der Waals surface area contributed by atoms with Gasteiger partial charge in [-0.15, -0.1) is 0 Å². The third-order valence-electron chi connectivity index (χ3n) is 6.46. The number of hydrogen-bond donors (Lipinski definition) is 1. The maximum atomic E-state index is 14.0. The lowest BCUT2D eigenvalue weighted by Crippen LogP contribution is -2.52. The Morgan fingerprint density at radius 2 is 1.82 bits per heavy atom. The number of fused-ring (bicyclic) bond motifs is 3. The summed E-state index contributed by atoms with van der Waals surface area (Å²) in [5.41, 5.74) is -0.757. The fraction of sp³-hybridized carbons (Fsp3) is 0.320. The minimum absolute atomic E-state index is 0.00335. The van der Waals surface area contributed by atoms with Gasteiger partial charge in [-0.05, 0) is 31.2 Å². The number of ketones is 1. The zero-order valence-corrected chi connectivity index (χ0v) is 18.9. The minimum Gasteiger partial charge on any atom is -0.507 e. The normalized spacial score (nSPS) is 22.6. The minimum atomic E-state index is -1.79. The first-order valence-electron chi connectivity index (χ1n) is 11.1. The van der Waals surface area contributed by atoms with Crippen LogP contribution in [-0.2, 0) is 24.7 Å². The molecule has 1 N–H and O–H groups in total. The number of aliphatic hydroxyl groups is 1. The van der Waals surface area contributed by atoms with Crippen molar-refractivity contribution < 1.29 is 33.7 Å². The number of amides is 2. The average Bonchev–Trinajstić information content (AvgIpc) is 3.24. The van der Waals surface area contributed by atoms with E-state index in [0.717, 1.165) is 0 Å². The van der Waals surface area contributed by atoms with Gasteiger partial charge in [-0.2, -0.15) is 0 Å². The Bertz CT molecular complexity index is 1240. The summed E-state index contributed by atoms with van der Waals surface area (Å²) in [6.07, 6.45) is 0. The molecule has 0 aliphatic carbocycles. The van der Waals surface area contributed by atoms with Crippen LogP contribution in [-0.4, -0.2) is 67.6 Å². The molecule has 5 rings (SSSR count). The Balaban J connectivity index is 1.79. The maximum absolute atomic E-state index is 14.0. The second-order valence-electron chi connectivity index (χ2n) is 8.14. The predicted molar refractivity (Wildman–Crippen MR) is 122 cm³/mol. The van der Waals surface area contributed by atoms with Gasteiger partial charge in [0.15, 0.2) is 17.0 Å². The number of hydrogen-bond acceptors (Lipinski definition) is 7. The van der Waals surface area contributed by atoms with Gasteiger partial charge in [-0.1, -0.05) is 18.2 Å². The highest BCUT2D eigenvalue weighted by molar-refractivity contribution is 6.50. The third kappa shape index (κ3) is 2.86. The molecule has 3 aliphatic heterocycles. The molecule has 2 amide bonds. The molecule has 0 saturated carbocycles. The van der Waals surface area contributed by atoms with E-state index in [2.05, 4.69) is 0 Å². The summed E-state index contributed by atoms with van der Waals surface area (Å²) in [4.78, 5) is 43.4. The standard InChI is InChI=1S/C25H24N2O7/c1-3-26-17-7-5-4-6-16(17)25(24(26)31)20(22(29)23(30)27(25)10-11-32-2)21(28)15-8-9-18-19(14-15)34-13-12-33-18/h4-9,14,28H,3,10-13H2,1-2H3/b21-20-. The quantitative estimate of drug-likeness (QED) is 0.410. The van der Waals surface area contributed by atoms with Crippen LogP contribution in [0.25, 0.3) is 5.76 Å². The van der Waals surface area contributed by atoms with Crippen molar-refractivity contribution >= 4 is 29.0 Å². The number of likely N-dealkylation sites (tertiary alicyclic amines) is 1. The van der Waals surface area contributed by atoms with Crippen LogP contribution in [0.1, 0.15) is 18.1 Å². The van der Waals surface area contributed by atoms with Gasteiger partial charge in [0.2, 0.25) is 0 Å². The highest BCUT2D eigenvalue weighted by Crippen LogP contribution is 2.53.